The molecule has 0 saturated heterocycles. The Bertz CT molecular complexity index is 1030. The van der Waals surface area contributed by atoms with Gasteiger partial charge in [-0.15, -0.1) is 0 Å². The normalized spacial score (nSPS) is 11.5. The van der Waals surface area contributed by atoms with Crippen LogP contribution < -0.4 is 0 Å². The maximum atomic E-state index is 12.9. The van der Waals surface area contributed by atoms with E-state index in [1.807, 2.05) is 0 Å². The molecule has 0 aliphatic rings. The first kappa shape index (κ1) is 21.2. The highest BCUT2D eigenvalue weighted by Gasteiger charge is 2.19. The SMILES string of the molecule is C=C/C=C(C=C)/C(=N/OC(C)=O)C(=O)c1ccc(-c2ccccc2[N+](=O)[O-])cc1. The molecule has 0 amide bonds. The quantitative estimate of drug-likeness (QED) is 0.163. The Morgan fingerprint density at radius 1 is 1.10 bits per heavy atom. The molecule has 0 saturated carbocycles. The van der Waals surface area contributed by atoms with Crippen LogP contribution in [0.3, 0.4) is 0 Å². The van der Waals surface area contributed by atoms with Gasteiger partial charge in [-0.1, -0.05) is 72.9 Å². The first-order chi connectivity index (χ1) is 13.9. The summed E-state index contributed by atoms with van der Waals surface area (Å²) in [5, 5.41) is 14.9. The predicted molar refractivity (Wildman–Crippen MR) is 111 cm³/mol. The third-order valence-corrected chi connectivity index (χ3v) is 3.83. The van der Waals surface area contributed by atoms with E-state index < -0.39 is 16.7 Å². The number of carbonyl (C=O) groups excluding carboxylic acids is 2. The maximum Gasteiger partial charge on any atom is 0.332 e. The second-order valence-corrected chi connectivity index (χ2v) is 5.77. The van der Waals surface area contributed by atoms with Crippen molar-refractivity contribution in [1.29, 1.82) is 0 Å². The van der Waals surface area contributed by atoms with Gasteiger partial charge < -0.3 is 4.84 Å². The molecule has 0 aromatic heterocycles. The van der Waals surface area contributed by atoms with Crippen molar-refractivity contribution in [2.24, 2.45) is 5.16 Å². The van der Waals surface area contributed by atoms with E-state index in [1.54, 1.807) is 30.3 Å². The second kappa shape index (κ2) is 9.70. The number of nitrogens with zero attached hydrogens (tertiary/aromatic N) is 2. The van der Waals surface area contributed by atoms with Crippen molar-refractivity contribution >= 4 is 23.2 Å². The third-order valence-electron chi connectivity index (χ3n) is 3.83. The molecule has 0 atom stereocenters. The van der Waals surface area contributed by atoms with Gasteiger partial charge in [0.15, 0.2) is 5.71 Å². The van der Waals surface area contributed by atoms with Crippen LogP contribution >= 0.6 is 0 Å². The smallest absolute Gasteiger partial charge is 0.318 e. The minimum absolute atomic E-state index is 0.0356. The van der Waals surface area contributed by atoms with E-state index in [4.69, 9.17) is 0 Å². The average Bonchev–Trinajstić information content (AvgIpc) is 2.72. The average molecular weight is 390 g/mol. The van der Waals surface area contributed by atoms with E-state index in [2.05, 4.69) is 23.2 Å². The molecule has 29 heavy (non-hydrogen) atoms. The van der Waals surface area contributed by atoms with E-state index in [1.165, 1.54) is 36.4 Å². The van der Waals surface area contributed by atoms with E-state index in [-0.39, 0.29) is 17.0 Å². The summed E-state index contributed by atoms with van der Waals surface area (Å²) < 4.78 is 0. The first-order valence-corrected chi connectivity index (χ1v) is 8.48. The van der Waals surface area contributed by atoms with Crippen LogP contribution in [0.2, 0.25) is 0 Å². The summed E-state index contributed by atoms with van der Waals surface area (Å²) in [5.41, 5.74) is 1.45. The first-order valence-electron chi connectivity index (χ1n) is 8.48. The highest BCUT2D eigenvalue weighted by molar-refractivity contribution is 6.52. The fourth-order valence-corrected chi connectivity index (χ4v) is 2.52. The van der Waals surface area contributed by atoms with Crippen LogP contribution in [0.5, 0.6) is 0 Å². The molecule has 146 valence electrons. The molecule has 0 spiro atoms. The molecule has 0 aliphatic heterocycles. The molecular weight excluding hydrogens is 372 g/mol. The number of rotatable bonds is 8. The summed E-state index contributed by atoms with van der Waals surface area (Å²) in [6, 6.07) is 12.6. The minimum Gasteiger partial charge on any atom is -0.318 e. The van der Waals surface area contributed by atoms with E-state index in [9.17, 15) is 19.7 Å². The Morgan fingerprint density at radius 2 is 1.76 bits per heavy atom. The molecular formula is C22H18N2O5. The standard InChI is InChI=1S/C22H18N2O5/c1-4-8-16(5-2)21(23-29-15(3)25)22(26)18-13-11-17(12-14-18)19-9-6-7-10-20(19)24(27)28/h4-14H,1-2H2,3H3/b16-8+,23-21-. The maximum absolute atomic E-state index is 12.9. The van der Waals surface area contributed by atoms with Crippen LogP contribution in [0.1, 0.15) is 17.3 Å². The zero-order valence-corrected chi connectivity index (χ0v) is 15.7. The van der Waals surface area contributed by atoms with Crippen LogP contribution in [-0.4, -0.2) is 22.4 Å². The van der Waals surface area contributed by atoms with Gasteiger partial charge in [0.05, 0.1) is 10.5 Å². The summed E-state index contributed by atoms with van der Waals surface area (Å²) in [6.45, 7) is 8.37. The molecule has 0 radical (unpaired) electrons. The van der Waals surface area contributed by atoms with Crippen LogP contribution in [0, 0.1) is 10.1 Å². The minimum atomic E-state index is -0.677. The molecule has 2 aromatic rings. The Morgan fingerprint density at radius 3 is 2.31 bits per heavy atom. The van der Waals surface area contributed by atoms with Crippen molar-refractivity contribution in [2.75, 3.05) is 0 Å². The molecule has 0 aliphatic carbocycles. The number of para-hydroxylation sites is 1. The van der Waals surface area contributed by atoms with Gasteiger partial charge in [0.25, 0.3) is 5.69 Å². The molecule has 2 aromatic carbocycles. The van der Waals surface area contributed by atoms with Gasteiger partial charge in [-0.2, -0.15) is 0 Å². The largest absolute Gasteiger partial charge is 0.332 e. The number of hydrogen-bond donors (Lipinski definition) is 0. The lowest BCUT2D eigenvalue weighted by molar-refractivity contribution is -0.384. The highest BCUT2D eigenvalue weighted by atomic mass is 16.7. The van der Waals surface area contributed by atoms with Crippen molar-refractivity contribution in [3.8, 4) is 11.1 Å². The molecule has 0 fully saturated rings. The zero-order chi connectivity index (χ0) is 21.4. The molecule has 7 nitrogen and oxygen atoms in total. The van der Waals surface area contributed by atoms with Crippen molar-refractivity contribution in [1.82, 2.24) is 0 Å². The number of nitro benzene ring substituents is 1. The lowest BCUT2D eigenvalue weighted by atomic mass is 9.97. The highest BCUT2D eigenvalue weighted by Crippen LogP contribution is 2.29. The van der Waals surface area contributed by atoms with Crippen molar-refractivity contribution in [3.63, 3.8) is 0 Å². The van der Waals surface area contributed by atoms with Crippen LogP contribution in [0.15, 0.2) is 90.6 Å². The molecule has 0 heterocycles. The third kappa shape index (κ3) is 5.20. The number of benzene rings is 2. The van der Waals surface area contributed by atoms with Crippen molar-refractivity contribution in [2.45, 2.75) is 6.92 Å². The number of ketones is 1. The fourth-order valence-electron chi connectivity index (χ4n) is 2.52. The van der Waals surface area contributed by atoms with Gasteiger partial charge in [0.1, 0.15) is 0 Å². The zero-order valence-electron chi connectivity index (χ0n) is 15.7. The second-order valence-electron chi connectivity index (χ2n) is 5.77. The summed E-state index contributed by atoms with van der Waals surface area (Å²) >= 11 is 0. The molecule has 2 rings (SSSR count). The number of hydrogen-bond acceptors (Lipinski definition) is 6. The van der Waals surface area contributed by atoms with Gasteiger partial charge in [0, 0.05) is 24.1 Å². The number of allylic oxidation sites excluding steroid dienone is 4. The fraction of sp³-hybridized carbons (Fsp3) is 0.0455. The molecule has 0 bridgehead atoms. The predicted octanol–water partition coefficient (Wildman–Crippen LogP) is 4.66. The van der Waals surface area contributed by atoms with Crippen LogP contribution in [0.25, 0.3) is 11.1 Å². The van der Waals surface area contributed by atoms with Gasteiger partial charge in [-0.25, -0.2) is 4.79 Å². The van der Waals surface area contributed by atoms with Gasteiger partial charge in [-0.05, 0) is 11.6 Å². The lowest BCUT2D eigenvalue weighted by Crippen LogP contribution is -2.17. The van der Waals surface area contributed by atoms with Crippen molar-refractivity contribution in [3.05, 3.63) is 101 Å². The van der Waals surface area contributed by atoms with E-state index in [0.29, 0.717) is 16.7 Å². The summed E-state index contributed by atoms with van der Waals surface area (Å²) in [5.74, 6) is -1.18. The molecule has 7 heteroatoms. The Hall–Kier alpha value is -4.13. The monoisotopic (exact) mass is 390 g/mol. The topological polar surface area (TPSA) is 98.9 Å². The summed E-state index contributed by atoms with van der Waals surface area (Å²) in [7, 11) is 0. The number of oxime groups is 1. The summed E-state index contributed by atoms with van der Waals surface area (Å²) in [6.07, 6.45) is 4.35. The Kier molecular flexibility index (Phi) is 7.08. The Labute approximate surface area is 167 Å². The Balaban J connectivity index is 2.44. The number of Topliss-reactive ketones (excluding diaryl/α,β-unsaturated/α-hetero) is 1. The van der Waals surface area contributed by atoms with Crippen molar-refractivity contribution < 1.29 is 19.3 Å². The van der Waals surface area contributed by atoms with Crippen LogP contribution in [0.4, 0.5) is 5.69 Å². The summed E-state index contributed by atoms with van der Waals surface area (Å²) in [4.78, 5) is 39.4. The van der Waals surface area contributed by atoms with Gasteiger partial charge in [-0.3, -0.25) is 14.9 Å². The number of nitro groups is 1. The van der Waals surface area contributed by atoms with E-state index >= 15 is 0 Å². The van der Waals surface area contributed by atoms with Crippen LogP contribution in [-0.2, 0) is 9.63 Å². The van der Waals surface area contributed by atoms with E-state index in [0.717, 1.165) is 6.92 Å². The van der Waals surface area contributed by atoms with Gasteiger partial charge in [0.2, 0.25) is 5.78 Å². The van der Waals surface area contributed by atoms with Gasteiger partial charge >= 0.3 is 5.97 Å². The number of carbonyl (C=O) groups is 2. The molecule has 0 unspecified atom stereocenters. The molecule has 0 N–H and O–H groups in total. The lowest BCUT2D eigenvalue weighted by Gasteiger charge is -2.08.